The molecule has 2 unspecified atom stereocenters. The number of carboxylic acid groups (broad SMARTS) is 1. The highest BCUT2D eigenvalue weighted by Crippen LogP contribution is 2.40. The zero-order chi connectivity index (χ0) is 17.0. The van der Waals surface area contributed by atoms with E-state index in [1.54, 1.807) is 24.3 Å². The number of hydrogen-bond donors (Lipinski definition) is 2. The van der Waals surface area contributed by atoms with Crippen molar-refractivity contribution in [2.75, 3.05) is 5.32 Å². The van der Waals surface area contributed by atoms with E-state index in [9.17, 15) is 22.8 Å². The Balaban J connectivity index is 1.94. The molecule has 1 aromatic carbocycles. The number of aliphatic carboxylic acids is 1. The molecule has 0 aromatic heterocycles. The molecule has 1 saturated carbocycles. The van der Waals surface area contributed by atoms with Gasteiger partial charge in [-0.3, -0.25) is 9.59 Å². The normalized spacial score (nSPS) is 21.7. The Morgan fingerprint density at radius 2 is 1.83 bits per heavy atom. The second kappa shape index (κ2) is 7.02. The fraction of sp³-hybridized carbons (Fsp3) is 0.500. The van der Waals surface area contributed by atoms with E-state index in [1.165, 1.54) is 0 Å². The number of carbonyl (C=O) groups excluding carboxylic acids is 1. The number of carbonyl (C=O) groups is 2. The third-order valence-corrected chi connectivity index (χ3v) is 4.08. The number of carboxylic acids is 1. The molecule has 1 amide bonds. The highest BCUT2D eigenvalue weighted by Gasteiger charge is 2.43. The van der Waals surface area contributed by atoms with Crippen LogP contribution in [-0.4, -0.2) is 23.2 Å². The predicted octanol–water partition coefficient (Wildman–Crippen LogP) is 3.62. The lowest BCUT2D eigenvalue weighted by Crippen LogP contribution is -2.34. The molecule has 1 aliphatic rings. The maximum absolute atomic E-state index is 12.8. The average molecular weight is 329 g/mol. The molecule has 0 radical (unpaired) electrons. The molecule has 1 fully saturated rings. The van der Waals surface area contributed by atoms with Crippen molar-refractivity contribution in [3.63, 3.8) is 0 Å². The topological polar surface area (TPSA) is 66.4 Å². The molecule has 0 spiro atoms. The van der Waals surface area contributed by atoms with Crippen LogP contribution in [0.1, 0.15) is 31.2 Å². The smallest absolute Gasteiger partial charge is 0.391 e. The van der Waals surface area contributed by atoms with Crippen molar-refractivity contribution in [2.24, 2.45) is 11.8 Å². The summed E-state index contributed by atoms with van der Waals surface area (Å²) in [5.41, 5.74) is 1.04. The second-order valence-electron chi connectivity index (χ2n) is 5.86. The first-order valence-corrected chi connectivity index (χ1v) is 7.44. The van der Waals surface area contributed by atoms with Gasteiger partial charge in [-0.05, 0) is 37.0 Å². The summed E-state index contributed by atoms with van der Waals surface area (Å²) in [5.74, 6) is -3.42. The summed E-state index contributed by atoms with van der Waals surface area (Å²) < 4.78 is 38.3. The number of alkyl halides is 3. The highest BCUT2D eigenvalue weighted by molar-refractivity contribution is 5.92. The molecule has 23 heavy (non-hydrogen) atoms. The standard InChI is InChI=1S/C16H18F3NO3/c17-16(18,19)12-3-1-2-11(9-12)15(23)20-13-6-4-10(5-7-13)8-14(21)22/h4-7,11-12H,1-3,8-9H2,(H,20,23)(H,21,22). The summed E-state index contributed by atoms with van der Waals surface area (Å²) in [5, 5.41) is 11.3. The van der Waals surface area contributed by atoms with Gasteiger partial charge in [-0.15, -0.1) is 0 Å². The van der Waals surface area contributed by atoms with Gasteiger partial charge in [-0.25, -0.2) is 0 Å². The van der Waals surface area contributed by atoms with Crippen molar-refractivity contribution < 1.29 is 27.9 Å². The van der Waals surface area contributed by atoms with E-state index in [2.05, 4.69) is 5.32 Å². The number of halogens is 3. The number of rotatable bonds is 4. The van der Waals surface area contributed by atoms with Gasteiger partial charge >= 0.3 is 12.1 Å². The molecular weight excluding hydrogens is 311 g/mol. The number of benzene rings is 1. The molecule has 4 nitrogen and oxygen atoms in total. The zero-order valence-electron chi connectivity index (χ0n) is 12.4. The van der Waals surface area contributed by atoms with E-state index in [0.29, 0.717) is 24.1 Å². The van der Waals surface area contributed by atoms with Gasteiger partial charge in [-0.1, -0.05) is 18.6 Å². The van der Waals surface area contributed by atoms with Gasteiger partial charge in [0.2, 0.25) is 5.91 Å². The molecule has 1 aliphatic carbocycles. The van der Waals surface area contributed by atoms with Crippen LogP contribution in [0.4, 0.5) is 18.9 Å². The van der Waals surface area contributed by atoms with Crippen LogP contribution in [0.5, 0.6) is 0 Å². The van der Waals surface area contributed by atoms with Gasteiger partial charge in [0.1, 0.15) is 0 Å². The van der Waals surface area contributed by atoms with Crippen LogP contribution in [0.3, 0.4) is 0 Å². The molecule has 0 bridgehead atoms. The van der Waals surface area contributed by atoms with Crippen LogP contribution in [0.2, 0.25) is 0 Å². The van der Waals surface area contributed by atoms with Crippen LogP contribution in [0, 0.1) is 11.8 Å². The Morgan fingerprint density at radius 1 is 1.17 bits per heavy atom. The minimum atomic E-state index is -4.25. The Hall–Kier alpha value is -2.05. The monoisotopic (exact) mass is 329 g/mol. The Kier molecular flexibility index (Phi) is 5.28. The zero-order valence-corrected chi connectivity index (χ0v) is 12.4. The van der Waals surface area contributed by atoms with E-state index < -0.39 is 29.9 Å². The minimum Gasteiger partial charge on any atom is -0.481 e. The Morgan fingerprint density at radius 3 is 2.39 bits per heavy atom. The molecule has 7 heteroatoms. The molecule has 2 N–H and O–H groups in total. The fourth-order valence-electron chi connectivity index (χ4n) is 2.85. The number of nitrogens with one attached hydrogen (secondary N) is 1. The van der Waals surface area contributed by atoms with Crippen molar-refractivity contribution in [1.29, 1.82) is 0 Å². The summed E-state index contributed by atoms with van der Waals surface area (Å²) in [6.07, 6.45) is -3.62. The second-order valence-corrected chi connectivity index (χ2v) is 5.86. The van der Waals surface area contributed by atoms with E-state index in [-0.39, 0.29) is 19.3 Å². The van der Waals surface area contributed by atoms with Gasteiger partial charge < -0.3 is 10.4 Å². The summed E-state index contributed by atoms with van der Waals surface area (Å²) in [4.78, 5) is 22.7. The van der Waals surface area contributed by atoms with Crippen LogP contribution in [0.15, 0.2) is 24.3 Å². The summed E-state index contributed by atoms with van der Waals surface area (Å²) in [6.45, 7) is 0. The largest absolute Gasteiger partial charge is 0.481 e. The Bertz CT molecular complexity index is 569. The van der Waals surface area contributed by atoms with Crippen molar-refractivity contribution >= 4 is 17.6 Å². The van der Waals surface area contributed by atoms with Gasteiger partial charge in [0.25, 0.3) is 0 Å². The van der Waals surface area contributed by atoms with E-state index in [4.69, 9.17) is 5.11 Å². The first kappa shape index (κ1) is 17.3. The third kappa shape index (κ3) is 4.97. The first-order valence-electron chi connectivity index (χ1n) is 7.44. The van der Waals surface area contributed by atoms with Gasteiger partial charge in [0, 0.05) is 11.6 Å². The van der Waals surface area contributed by atoms with E-state index >= 15 is 0 Å². The van der Waals surface area contributed by atoms with Crippen LogP contribution in [0.25, 0.3) is 0 Å². The number of anilines is 1. The lowest BCUT2D eigenvalue weighted by molar-refractivity contribution is -0.185. The van der Waals surface area contributed by atoms with Crippen molar-refractivity contribution in [3.8, 4) is 0 Å². The van der Waals surface area contributed by atoms with Crippen molar-refractivity contribution in [2.45, 2.75) is 38.3 Å². The molecule has 0 saturated heterocycles. The third-order valence-electron chi connectivity index (χ3n) is 4.08. The summed E-state index contributed by atoms with van der Waals surface area (Å²) in [6, 6.07) is 6.26. The summed E-state index contributed by atoms with van der Waals surface area (Å²) >= 11 is 0. The van der Waals surface area contributed by atoms with Crippen LogP contribution in [-0.2, 0) is 16.0 Å². The van der Waals surface area contributed by atoms with Gasteiger partial charge in [0.05, 0.1) is 12.3 Å². The molecule has 2 rings (SSSR count). The first-order chi connectivity index (χ1) is 10.8. The SMILES string of the molecule is O=C(O)Cc1ccc(NC(=O)C2CCCC(C(F)(F)F)C2)cc1. The van der Waals surface area contributed by atoms with Crippen molar-refractivity contribution in [1.82, 2.24) is 0 Å². The molecule has 2 atom stereocenters. The maximum Gasteiger partial charge on any atom is 0.391 e. The molecular formula is C16H18F3NO3. The molecule has 0 heterocycles. The molecule has 126 valence electrons. The predicted molar refractivity (Wildman–Crippen MR) is 77.9 cm³/mol. The van der Waals surface area contributed by atoms with Gasteiger partial charge in [-0.2, -0.15) is 13.2 Å². The number of hydrogen-bond acceptors (Lipinski definition) is 2. The average Bonchev–Trinajstić information content (AvgIpc) is 2.48. The van der Waals surface area contributed by atoms with Gasteiger partial charge in [0.15, 0.2) is 0 Å². The quantitative estimate of drug-likeness (QED) is 0.886. The fourth-order valence-corrected chi connectivity index (χ4v) is 2.85. The minimum absolute atomic E-state index is 0.0805. The van der Waals surface area contributed by atoms with E-state index in [1.807, 2.05) is 0 Å². The summed E-state index contributed by atoms with van der Waals surface area (Å²) in [7, 11) is 0. The van der Waals surface area contributed by atoms with Crippen molar-refractivity contribution in [3.05, 3.63) is 29.8 Å². The van der Waals surface area contributed by atoms with Crippen LogP contribution >= 0.6 is 0 Å². The lowest BCUT2D eigenvalue weighted by Gasteiger charge is -2.29. The van der Waals surface area contributed by atoms with E-state index in [0.717, 1.165) is 0 Å². The Labute approximate surface area is 131 Å². The number of amides is 1. The molecule has 0 aliphatic heterocycles. The highest BCUT2D eigenvalue weighted by atomic mass is 19.4. The maximum atomic E-state index is 12.8. The lowest BCUT2D eigenvalue weighted by atomic mass is 9.80. The molecule has 1 aromatic rings. The van der Waals surface area contributed by atoms with Crippen LogP contribution < -0.4 is 5.32 Å².